The molecule has 0 spiro atoms. The second-order valence-corrected chi connectivity index (χ2v) is 7.06. The lowest BCUT2D eigenvalue weighted by Gasteiger charge is -2.34. The highest BCUT2D eigenvalue weighted by Crippen LogP contribution is 2.44. The molecule has 118 valence electrons. The van der Waals surface area contributed by atoms with Crippen LogP contribution in [-0.2, 0) is 15.3 Å². The summed E-state index contributed by atoms with van der Waals surface area (Å²) in [7, 11) is -4.63. The van der Waals surface area contributed by atoms with E-state index in [0.717, 1.165) is 43.3 Å². The van der Waals surface area contributed by atoms with Gasteiger partial charge >= 0.3 is 5.25 Å². The van der Waals surface area contributed by atoms with Gasteiger partial charge in [0.15, 0.2) is 5.60 Å². The van der Waals surface area contributed by atoms with Crippen molar-refractivity contribution < 1.29 is 22.5 Å². The summed E-state index contributed by atoms with van der Waals surface area (Å²) in [5, 5.41) is 5.95. The normalized spacial score (nSPS) is 17.5. The number of halogens is 3. The van der Waals surface area contributed by atoms with Gasteiger partial charge in [-0.1, -0.05) is 30.3 Å². The van der Waals surface area contributed by atoms with E-state index in [0.29, 0.717) is 0 Å². The molecule has 2 aromatic rings. The largest absolute Gasteiger partial charge is 0.378 e. The van der Waals surface area contributed by atoms with Crippen molar-refractivity contribution in [3.05, 3.63) is 66.0 Å². The molecule has 7 heteroatoms. The molecule has 0 aliphatic rings. The van der Waals surface area contributed by atoms with Crippen LogP contribution in [0.5, 0.6) is 0 Å². The molecule has 22 heavy (non-hydrogen) atoms. The third-order valence-corrected chi connectivity index (χ3v) is 5.46. The highest BCUT2D eigenvalue weighted by Gasteiger charge is 2.58. The zero-order valence-electron chi connectivity index (χ0n) is 11.6. The molecule has 2 aromatic carbocycles. The topological polar surface area (TPSA) is 61.1 Å². The van der Waals surface area contributed by atoms with Crippen molar-refractivity contribution in [1.29, 1.82) is 4.78 Å². The Morgan fingerprint density at radius 3 is 2.05 bits per heavy atom. The summed E-state index contributed by atoms with van der Waals surface area (Å²) in [4.78, 5) is -0.387. The van der Waals surface area contributed by atoms with E-state index in [1.165, 1.54) is 18.2 Å². The van der Waals surface area contributed by atoms with Gasteiger partial charge in [-0.2, -0.15) is 8.78 Å². The Kier molecular flexibility index (Phi) is 4.06. The quantitative estimate of drug-likeness (QED) is 0.898. The summed E-state index contributed by atoms with van der Waals surface area (Å²) in [6.07, 6.45) is 0. The Hall–Kier alpha value is -1.86. The van der Waals surface area contributed by atoms with Gasteiger partial charge in [-0.15, -0.1) is 0 Å². The molecule has 1 unspecified atom stereocenters. The van der Waals surface area contributed by atoms with Gasteiger partial charge in [0.25, 0.3) is 0 Å². The fourth-order valence-electron chi connectivity index (χ4n) is 1.98. The van der Waals surface area contributed by atoms with Crippen molar-refractivity contribution in [1.82, 2.24) is 0 Å². The van der Waals surface area contributed by atoms with Crippen LogP contribution in [0, 0.1) is 10.6 Å². The van der Waals surface area contributed by atoms with Gasteiger partial charge in [-0.05, 0) is 36.8 Å². The molecule has 0 saturated heterocycles. The molecule has 3 nitrogen and oxygen atoms in total. The summed E-state index contributed by atoms with van der Waals surface area (Å²) < 4.78 is 62.2. The molecule has 0 heterocycles. The first-order chi connectivity index (χ1) is 10.1. The van der Waals surface area contributed by atoms with Crippen LogP contribution in [0.1, 0.15) is 12.5 Å². The van der Waals surface area contributed by atoms with E-state index in [-0.39, 0.29) is 10.5 Å². The van der Waals surface area contributed by atoms with E-state index in [1.54, 1.807) is 0 Å². The first-order valence-corrected chi connectivity index (χ1v) is 7.86. The minimum Gasteiger partial charge on any atom is -0.378 e. The molecule has 0 aromatic heterocycles. The fraction of sp³-hybridized carbons (Fsp3) is 0.200. The Bertz CT molecular complexity index is 757. The predicted molar refractivity (Wildman–Crippen MR) is 76.5 cm³/mol. The Labute approximate surface area is 126 Å². The molecule has 0 saturated carbocycles. The van der Waals surface area contributed by atoms with Crippen LogP contribution in [0.2, 0.25) is 0 Å². The summed E-state index contributed by atoms with van der Waals surface area (Å²) in [6, 6.07) is 10.4. The second kappa shape index (κ2) is 5.40. The Morgan fingerprint density at radius 1 is 1.05 bits per heavy atom. The maximum atomic E-state index is 14.6. The first kappa shape index (κ1) is 16.5. The second-order valence-electron chi connectivity index (χ2n) is 4.97. The first-order valence-electron chi connectivity index (χ1n) is 6.30. The molecule has 0 amide bonds. The molecular weight excluding hydrogens is 315 g/mol. The smallest absolute Gasteiger partial charge is 0.363 e. The van der Waals surface area contributed by atoms with Gasteiger partial charge in [0.2, 0.25) is 0 Å². The van der Waals surface area contributed by atoms with E-state index in [2.05, 4.69) is 0 Å². The number of rotatable bonds is 4. The van der Waals surface area contributed by atoms with Crippen LogP contribution in [0.25, 0.3) is 0 Å². The lowest BCUT2D eigenvalue weighted by Crippen LogP contribution is -2.48. The van der Waals surface area contributed by atoms with Crippen LogP contribution >= 0.6 is 0 Å². The number of hydrogen-bond acceptors (Lipinski definition) is 3. The zero-order chi connectivity index (χ0) is 16.6. The SMILES string of the molecule is C[C@](O)(c1ccc(F)cc1)C(F)(F)S(=N)(=O)c1ccccc1. The standard InChI is InChI=1S/C15H14F3NO2S/c1-14(20,11-7-9-12(16)10-8-11)15(17,18)22(19,21)13-5-3-2-4-6-13/h2-10,19-20H,1H3/t14-,22?/m0/s1. The predicted octanol–water partition coefficient (Wildman–Crippen LogP) is 3.73. The van der Waals surface area contributed by atoms with Crippen molar-refractivity contribution in [2.75, 3.05) is 0 Å². The zero-order valence-corrected chi connectivity index (χ0v) is 12.4. The Balaban J connectivity index is 2.55. The average molecular weight is 329 g/mol. The minimum absolute atomic E-state index is 0.324. The molecule has 0 aliphatic carbocycles. The third-order valence-electron chi connectivity index (χ3n) is 3.41. The number of hydrogen-bond donors (Lipinski definition) is 2. The van der Waals surface area contributed by atoms with E-state index < -0.39 is 26.4 Å². The average Bonchev–Trinajstić information content (AvgIpc) is 2.48. The molecule has 0 bridgehead atoms. The highest BCUT2D eigenvalue weighted by molar-refractivity contribution is 7.93. The van der Waals surface area contributed by atoms with Crippen LogP contribution < -0.4 is 0 Å². The molecule has 2 atom stereocenters. The number of nitrogens with one attached hydrogen (secondary N) is 1. The maximum Gasteiger partial charge on any atom is 0.363 e. The van der Waals surface area contributed by atoms with Crippen molar-refractivity contribution in [3.63, 3.8) is 0 Å². The van der Waals surface area contributed by atoms with Crippen molar-refractivity contribution in [2.45, 2.75) is 22.7 Å². The monoisotopic (exact) mass is 329 g/mol. The van der Waals surface area contributed by atoms with Crippen LogP contribution in [0.15, 0.2) is 59.5 Å². The summed E-state index contributed by atoms with van der Waals surface area (Å²) in [5.41, 5.74) is -3.22. The van der Waals surface area contributed by atoms with Gasteiger partial charge in [-0.3, -0.25) is 0 Å². The van der Waals surface area contributed by atoms with Gasteiger partial charge < -0.3 is 5.11 Å². The van der Waals surface area contributed by atoms with Gasteiger partial charge in [0.1, 0.15) is 15.5 Å². The Morgan fingerprint density at radius 2 is 1.55 bits per heavy atom. The maximum absolute atomic E-state index is 14.6. The molecular formula is C15H14F3NO2S. The third kappa shape index (κ3) is 2.50. The molecule has 2 rings (SSSR count). The van der Waals surface area contributed by atoms with Crippen LogP contribution in [-0.4, -0.2) is 14.6 Å². The van der Waals surface area contributed by atoms with E-state index >= 15 is 0 Å². The summed E-state index contributed by atoms with van der Waals surface area (Å²) in [6.45, 7) is 0.761. The van der Waals surface area contributed by atoms with E-state index in [4.69, 9.17) is 4.78 Å². The number of alkyl halides is 2. The molecule has 0 fully saturated rings. The van der Waals surface area contributed by atoms with Crippen LogP contribution in [0.4, 0.5) is 13.2 Å². The molecule has 0 aliphatic heterocycles. The van der Waals surface area contributed by atoms with Crippen molar-refractivity contribution >= 4 is 9.73 Å². The molecule has 0 radical (unpaired) electrons. The van der Waals surface area contributed by atoms with E-state index in [9.17, 15) is 22.5 Å². The van der Waals surface area contributed by atoms with Crippen molar-refractivity contribution in [2.24, 2.45) is 0 Å². The highest BCUT2D eigenvalue weighted by atomic mass is 32.2. The van der Waals surface area contributed by atoms with E-state index in [1.807, 2.05) is 0 Å². The molecule has 2 N–H and O–H groups in total. The van der Waals surface area contributed by atoms with Crippen LogP contribution in [0.3, 0.4) is 0 Å². The van der Waals surface area contributed by atoms with Gasteiger partial charge in [0, 0.05) is 0 Å². The summed E-state index contributed by atoms with van der Waals surface area (Å²) in [5.74, 6) is -0.655. The lowest BCUT2D eigenvalue weighted by molar-refractivity contribution is -0.118. The van der Waals surface area contributed by atoms with Crippen molar-refractivity contribution in [3.8, 4) is 0 Å². The number of benzene rings is 2. The van der Waals surface area contributed by atoms with Gasteiger partial charge in [-0.25, -0.2) is 13.4 Å². The number of aliphatic hydroxyl groups is 1. The lowest BCUT2D eigenvalue weighted by atomic mass is 9.96. The summed E-state index contributed by atoms with van der Waals surface area (Å²) >= 11 is 0. The minimum atomic E-state index is -4.63. The fourth-order valence-corrected chi connectivity index (χ4v) is 3.50. The van der Waals surface area contributed by atoms with Gasteiger partial charge in [0.05, 0.1) is 4.90 Å².